The minimum Gasteiger partial charge on any atom is -0.399 e. The zero-order valence-corrected chi connectivity index (χ0v) is 11.5. The summed E-state index contributed by atoms with van der Waals surface area (Å²) in [7, 11) is 0. The monoisotopic (exact) mass is 263 g/mol. The maximum Gasteiger partial charge on any atom is 0.0662 e. The molecule has 100 valence electrons. The highest BCUT2D eigenvalue weighted by Gasteiger charge is 2.05. The first-order chi connectivity index (χ1) is 9.74. The Morgan fingerprint density at radius 3 is 2.60 bits per heavy atom. The first-order valence-electron chi connectivity index (χ1n) is 6.66. The molecule has 0 aliphatic heterocycles. The Morgan fingerprint density at radius 2 is 1.80 bits per heavy atom. The summed E-state index contributed by atoms with van der Waals surface area (Å²) < 4.78 is 1.95. The van der Waals surface area contributed by atoms with Crippen molar-refractivity contribution < 1.29 is 0 Å². The fraction of sp³-hybridized carbons (Fsp3) is 0.118. The van der Waals surface area contributed by atoms with Crippen LogP contribution in [0.2, 0.25) is 0 Å². The fourth-order valence-electron chi connectivity index (χ4n) is 2.28. The van der Waals surface area contributed by atoms with Crippen molar-refractivity contribution in [2.24, 2.45) is 0 Å². The topological polar surface area (TPSA) is 43.8 Å². The lowest BCUT2D eigenvalue weighted by Gasteiger charge is -2.08. The van der Waals surface area contributed by atoms with Gasteiger partial charge in [-0.15, -0.1) is 0 Å². The largest absolute Gasteiger partial charge is 0.399 e. The molecule has 0 spiro atoms. The molecule has 20 heavy (non-hydrogen) atoms. The second-order valence-electron chi connectivity index (χ2n) is 4.92. The van der Waals surface area contributed by atoms with Crippen molar-refractivity contribution in [3.63, 3.8) is 0 Å². The van der Waals surface area contributed by atoms with E-state index in [1.165, 1.54) is 11.1 Å². The van der Waals surface area contributed by atoms with Crippen molar-refractivity contribution in [1.82, 2.24) is 9.78 Å². The van der Waals surface area contributed by atoms with Crippen LogP contribution in [0.15, 0.2) is 60.9 Å². The summed E-state index contributed by atoms with van der Waals surface area (Å²) in [5, 5.41) is 4.43. The Morgan fingerprint density at radius 1 is 1.00 bits per heavy atom. The third kappa shape index (κ3) is 2.43. The van der Waals surface area contributed by atoms with E-state index in [1.54, 1.807) is 0 Å². The average Bonchev–Trinajstić information content (AvgIpc) is 2.93. The molecule has 0 fully saturated rings. The molecule has 1 aromatic heterocycles. The minimum absolute atomic E-state index is 0.740. The smallest absolute Gasteiger partial charge is 0.0662 e. The average molecular weight is 263 g/mol. The molecule has 0 saturated carbocycles. The van der Waals surface area contributed by atoms with Crippen LogP contribution in [0.1, 0.15) is 11.1 Å². The Balaban J connectivity index is 1.86. The van der Waals surface area contributed by atoms with Crippen LogP contribution in [0, 0.1) is 6.92 Å². The zero-order valence-electron chi connectivity index (χ0n) is 11.5. The van der Waals surface area contributed by atoms with E-state index in [2.05, 4.69) is 29.5 Å². The van der Waals surface area contributed by atoms with Crippen LogP contribution >= 0.6 is 0 Å². The van der Waals surface area contributed by atoms with Crippen molar-refractivity contribution in [2.45, 2.75) is 13.5 Å². The lowest BCUT2D eigenvalue weighted by molar-refractivity contribution is 0.684. The van der Waals surface area contributed by atoms with Gasteiger partial charge < -0.3 is 5.73 Å². The number of anilines is 1. The highest BCUT2D eigenvalue weighted by atomic mass is 15.3. The van der Waals surface area contributed by atoms with Crippen molar-refractivity contribution in [1.29, 1.82) is 0 Å². The van der Waals surface area contributed by atoms with Crippen LogP contribution < -0.4 is 5.73 Å². The van der Waals surface area contributed by atoms with Gasteiger partial charge in [0.2, 0.25) is 0 Å². The second kappa shape index (κ2) is 5.21. The molecular weight excluding hydrogens is 246 g/mol. The molecule has 3 heteroatoms. The summed E-state index contributed by atoms with van der Waals surface area (Å²) in [5.41, 5.74) is 11.4. The maximum atomic E-state index is 5.94. The molecule has 3 nitrogen and oxygen atoms in total. The van der Waals surface area contributed by atoms with Gasteiger partial charge >= 0.3 is 0 Å². The summed E-state index contributed by atoms with van der Waals surface area (Å²) in [6, 6.07) is 16.3. The van der Waals surface area contributed by atoms with Crippen molar-refractivity contribution >= 4 is 5.69 Å². The summed E-state index contributed by atoms with van der Waals surface area (Å²) in [6.45, 7) is 2.79. The SMILES string of the molecule is Cc1c(N)cccc1Cn1cc(-c2ccccc2)cn1. The van der Waals surface area contributed by atoms with Crippen LogP contribution in [-0.4, -0.2) is 9.78 Å². The van der Waals surface area contributed by atoms with E-state index in [1.807, 2.05) is 48.1 Å². The van der Waals surface area contributed by atoms with Gasteiger partial charge in [-0.25, -0.2) is 0 Å². The van der Waals surface area contributed by atoms with E-state index in [4.69, 9.17) is 5.73 Å². The number of hydrogen-bond donors (Lipinski definition) is 1. The molecule has 0 saturated heterocycles. The quantitative estimate of drug-likeness (QED) is 0.735. The molecule has 0 radical (unpaired) electrons. The Labute approximate surface area is 118 Å². The number of nitrogens with zero attached hydrogens (tertiary/aromatic N) is 2. The molecule has 3 aromatic rings. The number of nitrogens with two attached hydrogens (primary N) is 1. The van der Waals surface area contributed by atoms with Crippen LogP contribution in [0.25, 0.3) is 11.1 Å². The predicted molar refractivity (Wildman–Crippen MR) is 82.4 cm³/mol. The van der Waals surface area contributed by atoms with Gasteiger partial charge in [-0.1, -0.05) is 42.5 Å². The maximum absolute atomic E-state index is 5.94. The van der Waals surface area contributed by atoms with Crippen LogP contribution in [0.3, 0.4) is 0 Å². The number of rotatable bonds is 3. The third-order valence-corrected chi connectivity index (χ3v) is 3.56. The summed E-state index contributed by atoms with van der Waals surface area (Å²) in [6.07, 6.45) is 3.97. The molecule has 1 heterocycles. The second-order valence-corrected chi connectivity index (χ2v) is 4.92. The summed E-state index contributed by atoms with van der Waals surface area (Å²) in [5.74, 6) is 0. The predicted octanol–water partition coefficient (Wildman–Crippen LogP) is 3.49. The van der Waals surface area contributed by atoms with Crippen LogP contribution in [0.4, 0.5) is 5.69 Å². The van der Waals surface area contributed by atoms with Crippen molar-refractivity contribution in [3.05, 3.63) is 72.1 Å². The van der Waals surface area contributed by atoms with E-state index in [-0.39, 0.29) is 0 Å². The molecule has 0 unspecified atom stereocenters. The van der Waals surface area contributed by atoms with E-state index in [0.29, 0.717) is 0 Å². The Bertz CT molecular complexity index is 714. The normalized spacial score (nSPS) is 10.7. The van der Waals surface area contributed by atoms with E-state index in [9.17, 15) is 0 Å². The molecule has 0 aliphatic carbocycles. The highest BCUT2D eigenvalue weighted by molar-refractivity contribution is 5.61. The van der Waals surface area contributed by atoms with Gasteiger partial charge in [0.15, 0.2) is 0 Å². The standard InChI is InChI=1S/C17H17N3/c1-13-15(8-5-9-17(13)18)11-20-12-16(10-19-20)14-6-3-2-4-7-14/h2-10,12H,11,18H2,1H3. The summed E-state index contributed by atoms with van der Waals surface area (Å²) >= 11 is 0. The number of benzene rings is 2. The van der Waals surface area contributed by atoms with Crippen molar-refractivity contribution in [2.75, 3.05) is 5.73 Å². The number of aromatic nitrogens is 2. The van der Waals surface area contributed by atoms with Gasteiger partial charge in [-0.05, 0) is 29.7 Å². The van der Waals surface area contributed by atoms with E-state index in [0.717, 1.165) is 23.4 Å². The molecule has 0 aliphatic rings. The first kappa shape index (κ1) is 12.5. The van der Waals surface area contributed by atoms with E-state index >= 15 is 0 Å². The van der Waals surface area contributed by atoms with Gasteiger partial charge in [-0.2, -0.15) is 5.10 Å². The lowest BCUT2D eigenvalue weighted by Crippen LogP contribution is -2.03. The number of nitrogen functional groups attached to an aromatic ring is 1. The zero-order chi connectivity index (χ0) is 13.9. The fourth-order valence-corrected chi connectivity index (χ4v) is 2.28. The molecule has 2 aromatic carbocycles. The molecule has 3 rings (SSSR count). The van der Waals surface area contributed by atoms with E-state index < -0.39 is 0 Å². The molecule has 0 bridgehead atoms. The van der Waals surface area contributed by atoms with Gasteiger partial charge in [0.25, 0.3) is 0 Å². The molecule has 0 amide bonds. The van der Waals surface area contributed by atoms with Gasteiger partial charge in [-0.3, -0.25) is 4.68 Å². The third-order valence-electron chi connectivity index (χ3n) is 3.56. The molecule has 0 atom stereocenters. The minimum atomic E-state index is 0.740. The first-order valence-corrected chi connectivity index (χ1v) is 6.66. The number of hydrogen-bond acceptors (Lipinski definition) is 2. The van der Waals surface area contributed by atoms with Crippen LogP contribution in [0.5, 0.6) is 0 Å². The van der Waals surface area contributed by atoms with Crippen LogP contribution in [-0.2, 0) is 6.54 Å². The Hall–Kier alpha value is -2.55. The van der Waals surface area contributed by atoms with Gasteiger partial charge in [0.05, 0.1) is 12.7 Å². The molecule has 2 N–H and O–H groups in total. The van der Waals surface area contributed by atoms with Gasteiger partial charge in [0.1, 0.15) is 0 Å². The summed E-state index contributed by atoms with van der Waals surface area (Å²) in [4.78, 5) is 0. The van der Waals surface area contributed by atoms with Crippen molar-refractivity contribution in [3.8, 4) is 11.1 Å². The van der Waals surface area contributed by atoms with Gasteiger partial charge in [0, 0.05) is 17.4 Å². The molecular formula is C17H17N3. The highest BCUT2D eigenvalue weighted by Crippen LogP contribution is 2.20. The lowest BCUT2D eigenvalue weighted by atomic mass is 10.1. The Kier molecular flexibility index (Phi) is 3.25.